The molecule has 0 N–H and O–H groups in total. The Bertz CT molecular complexity index is 224. The Balaban J connectivity index is 1.84. The second-order valence-corrected chi connectivity index (χ2v) is 5.89. The highest BCUT2D eigenvalue weighted by atomic mass is 15.3. The summed E-state index contributed by atoms with van der Waals surface area (Å²) in [6.07, 6.45) is 5.66. The van der Waals surface area contributed by atoms with Crippen LogP contribution in [0.2, 0.25) is 0 Å². The fraction of sp³-hybridized carbons (Fsp3) is 1.00. The lowest BCUT2D eigenvalue weighted by atomic mass is 9.89. The van der Waals surface area contributed by atoms with Crippen molar-refractivity contribution in [2.45, 2.75) is 44.7 Å². The Labute approximate surface area is 107 Å². The molecule has 1 aliphatic heterocycles. The molecule has 2 aliphatic rings. The van der Waals surface area contributed by atoms with Gasteiger partial charge in [0.25, 0.3) is 0 Å². The SMILES string of the molecule is CCN(C)[C@H]1CCC[C@H](N2CCN(C)CC2)C1. The Morgan fingerprint density at radius 2 is 1.82 bits per heavy atom. The molecule has 2 rings (SSSR count). The summed E-state index contributed by atoms with van der Waals surface area (Å²) in [5.74, 6) is 0. The number of nitrogens with zero attached hydrogens (tertiary/aromatic N) is 3. The normalized spacial score (nSPS) is 33.2. The van der Waals surface area contributed by atoms with Gasteiger partial charge in [0, 0.05) is 38.3 Å². The lowest BCUT2D eigenvalue weighted by Gasteiger charge is -2.43. The number of hydrogen-bond donors (Lipinski definition) is 0. The zero-order valence-corrected chi connectivity index (χ0v) is 11.9. The van der Waals surface area contributed by atoms with Crippen LogP contribution >= 0.6 is 0 Å². The molecular weight excluding hydrogens is 210 g/mol. The Kier molecular flexibility index (Phi) is 4.83. The summed E-state index contributed by atoms with van der Waals surface area (Å²) in [6, 6.07) is 1.69. The van der Waals surface area contributed by atoms with Crippen LogP contribution in [0.25, 0.3) is 0 Å². The zero-order valence-electron chi connectivity index (χ0n) is 11.9. The first-order chi connectivity index (χ1) is 8.20. The van der Waals surface area contributed by atoms with Crippen LogP contribution in [-0.4, -0.2) is 73.6 Å². The summed E-state index contributed by atoms with van der Waals surface area (Å²) in [4.78, 5) is 7.74. The van der Waals surface area contributed by atoms with Gasteiger partial charge < -0.3 is 9.80 Å². The van der Waals surface area contributed by atoms with Crippen molar-refractivity contribution in [3.63, 3.8) is 0 Å². The van der Waals surface area contributed by atoms with E-state index in [0.29, 0.717) is 0 Å². The molecule has 0 amide bonds. The second kappa shape index (κ2) is 6.17. The summed E-state index contributed by atoms with van der Waals surface area (Å²) in [6.45, 7) is 8.54. The van der Waals surface area contributed by atoms with Gasteiger partial charge in [0.15, 0.2) is 0 Å². The van der Waals surface area contributed by atoms with E-state index in [4.69, 9.17) is 0 Å². The highest BCUT2D eigenvalue weighted by molar-refractivity contribution is 4.86. The smallest absolute Gasteiger partial charge is 0.0113 e. The van der Waals surface area contributed by atoms with Crippen LogP contribution in [0.3, 0.4) is 0 Å². The van der Waals surface area contributed by atoms with E-state index in [-0.39, 0.29) is 0 Å². The quantitative estimate of drug-likeness (QED) is 0.739. The fourth-order valence-electron chi connectivity index (χ4n) is 3.32. The van der Waals surface area contributed by atoms with Crippen LogP contribution in [0.4, 0.5) is 0 Å². The van der Waals surface area contributed by atoms with Gasteiger partial charge >= 0.3 is 0 Å². The molecule has 1 saturated heterocycles. The van der Waals surface area contributed by atoms with Crippen LogP contribution in [0.1, 0.15) is 32.6 Å². The minimum Gasteiger partial charge on any atom is -0.304 e. The molecule has 3 heteroatoms. The maximum atomic E-state index is 2.75. The van der Waals surface area contributed by atoms with E-state index in [1.165, 1.54) is 58.4 Å². The molecular formula is C14H29N3. The van der Waals surface area contributed by atoms with Crippen molar-refractivity contribution in [1.29, 1.82) is 0 Å². The predicted octanol–water partition coefficient (Wildman–Crippen LogP) is 1.50. The van der Waals surface area contributed by atoms with Gasteiger partial charge in [0.05, 0.1) is 0 Å². The summed E-state index contributed by atoms with van der Waals surface area (Å²) >= 11 is 0. The highest BCUT2D eigenvalue weighted by Crippen LogP contribution is 2.26. The van der Waals surface area contributed by atoms with Crippen LogP contribution in [0.5, 0.6) is 0 Å². The summed E-state index contributed by atoms with van der Waals surface area (Å²) in [5.41, 5.74) is 0. The molecule has 0 spiro atoms. The third-order valence-corrected chi connectivity index (χ3v) is 4.80. The van der Waals surface area contributed by atoms with Crippen molar-refractivity contribution >= 4 is 0 Å². The van der Waals surface area contributed by atoms with Crippen LogP contribution < -0.4 is 0 Å². The number of rotatable bonds is 3. The van der Waals surface area contributed by atoms with Gasteiger partial charge in [-0.3, -0.25) is 4.90 Å². The lowest BCUT2D eigenvalue weighted by Crippen LogP contribution is -2.52. The maximum Gasteiger partial charge on any atom is 0.0113 e. The fourth-order valence-corrected chi connectivity index (χ4v) is 3.32. The maximum absolute atomic E-state index is 2.75. The number of likely N-dealkylation sites (N-methyl/N-ethyl adjacent to an activating group) is 1. The van der Waals surface area contributed by atoms with E-state index in [2.05, 4.69) is 35.7 Å². The monoisotopic (exact) mass is 239 g/mol. The molecule has 0 aromatic rings. The molecule has 0 radical (unpaired) electrons. The van der Waals surface area contributed by atoms with Gasteiger partial charge in [-0.1, -0.05) is 13.3 Å². The van der Waals surface area contributed by atoms with Crippen molar-refractivity contribution in [2.24, 2.45) is 0 Å². The first-order valence-corrected chi connectivity index (χ1v) is 7.33. The van der Waals surface area contributed by atoms with E-state index >= 15 is 0 Å². The van der Waals surface area contributed by atoms with Gasteiger partial charge in [-0.15, -0.1) is 0 Å². The molecule has 0 aromatic heterocycles. The van der Waals surface area contributed by atoms with E-state index in [0.717, 1.165) is 12.1 Å². The van der Waals surface area contributed by atoms with Gasteiger partial charge in [0.2, 0.25) is 0 Å². The topological polar surface area (TPSA) is 9.72 Å². The standard InChI is InChI=1S/C14H29N3/c1-4-16(3)13-6-5-7-14(12-13)17-10-8-15(2)9-11-17/h13-14H,4-12H2,1-3H3/t13-,14-/m0/s1. The largest absolute Gasteiger partial charge is 0.304 e. The third kappa shape index (κ3) is 3.43. The van der Waals surface area contributed by atoms with E-state index in [9.17, 15) is 0 Å². The van der Waals surface area contributed by atoms with Crippen LogP contribution in [0, 0.1) is 0 Å². The molecule has 0 aromatic carbocycles. The summed E-state index contributed by atoms with van der Waals surface area (Å²) < 4.78 is 0. The first-order valence-electron chi connectivity index (χ1n) is 7.33. The van der Waals surface area contributed by atoms with Crippen molar-refractivity contribution in [1.82, 2.24) is 14.7 Å². The molecule has 1 saturated carbocycles. The van der Waals surface area contributed by atoms with Crippen LogP contribution in [-0.2, 0) is 0 Å². The Morgan fingerprint density at radius 3 is 2.47 bits per heavy atom. The summed E-state index contributed by atoms with van der Waals surface area (Å²) in [5, 5.41) is 0. The molecule has 0 bridgehead atoms. The molecule has 17 heavy (non-hydrogen) atoms. The third-order valence-electron chi connectivity index (χ3n) is 4.80. The average Bonchev–Trinajstić information content (AvgIpc) is 2.39. The van der Waals surface area contributed by atoms with E-state index in [1.54, 1.807) is 0 Å². The molecule has 3 nitrogen and oxygen atoms in total. The average molecular weight is 239 g/mol. The minimum absolute atomic E-state index is 0.832. The van der Waals surface area contributed by atoms with E-state index < -0.39 is 0 Å². The van der Waals surface area contributed by atoms with Crippen molar-refractivity contribution in [3.8, 4) is 0 Å². The molecule has 1 aliphatic carbocycles. The van der Waals surface area contributed by atoms with Gasteiger partial charge in [-0.25, -0.2) is 0 Å². The Hall–Kier alpha value is -0.120. The zero-order chi connectivity index (χ0) is 12.3. The van der Waals surface area contributed by atoms with Gasteiger partial charge in [0.1, 0.15) is 0 Å². The first kappa shape index (κ1) is 13.3. The minimum atomic E-state index is 0.832. The molecule has 2 atom stereocenters. The predicted molar refractivity (Wildman–Crippen MR) is 73.4 cm³/mol. The lowest BCUT2D eigenvalue weighted by molar-refractivity contribution is 0.0631. The van der Waals surface area contributed by atoms with E-state index in [1.807, 2.05) is 0 Å². The van der Waals surface area contributed by atoms with Gasteiger partial charge in [-0.2, -0.15) is 0 Å². The highest BCUT2D eigenvalue weighted by Gasteiger charge is 2.29. The summed E-state index contributed by atoms with van der Waals surface area (Å²) in [7, 11) is 4.53. The van der Waals surface area contributed by atoms with Crippen molar-refractivity contribution < 1.29 is 0 Å². The van der Waals surface area contributed by atoms with Crippen molar-refractivity contribution in [3.05, 3.63) is 0 Å². The number of hydrogen-bond acceptors (Lipinski definition) is 3. The van der Waals surface area contributed by atoms with Crippen molar-refractivity contribution in [2.75, 3.05) is 46.8 Å². The van der Waals surface area contributed by atoms with Crippen LogP contribution in [0.15, 0.2) is 0 Å². The molecule has 100 valence electrons. The Morgan fingerprint density at radius 1 is 1.12 bits per heavy atom. The van der Waals surface area contributed by atoms with Gasteiger partial charge in [-0.05, 0) is 39.9 Å². The molecule has 0 unspecified atom stereocenters. The number of piperazine rings is 1. The molecule has 1 heterocycles. The molecule has 2 fully saturated rings. The second-order valence-electron chi connectivity index (χ2n) is 5.89.